The smallest absolute Gasteiger partial charge is 0.320 e. The monoisotopic (exact) mass is 342 g/mol. The summed E-state index contributed by atoms with van der Waals surface area (Å²) in [6.07, 6.45) is 1.43. The minimum absolute atomic E-state index is 0. The number of aliphatic carboxylic acids is 1. The Kier molecular flexibility index (Phi) is 7.85. The van der Waals surface area contributed by atoms with Crippen molar-refractivity contribution in [1.82, 2.24) is 10.2 Å². The molecule has 1 aromatic rings. The minimum Gasteiger partial charge on any atom is -0.492 e. The van der Waals surface area contributed by atoms with Crippen LogP contribution in [0.5, 0.6) is 5.75 Å². The summed E-state index contributed by atoms with van der Waals surface area (Å²) >= 11 is 0. The van der Waals surface area contributed by atoms with E-state index in [1.165, 1.54) is 0 Å². The van der Waals surface area contributed by atoms with E-state index < -0.39 is 12.0 Å². The maximum atomic E-state index is 11.8. The van der Waals surface area contributed by atoms with Crippen LogP contribution in [0, 0.1) is 6.92 Å². The van der Waals surface area contributed by atoms with Crippen LogP contribution in [0.3, 0.4) is 0 Å². The molecule has 2 rings (SSSR count). The van der Waals surface area contributed by atoms with Crippen LogP contribution in [0.1, 0.15) is 18.4 Å². The lowest BCUT2D eigenvalue weighted by Crippen LogP contribution is -2.43. The predicted molar refractivity (Wildman–Crippen MR) is 89.2 cm³/mol. The van der Waals surface area contributed by atoms with E-state index in [0.29, 0.717) is 26.1 Å². The summed E-state index contributed by atoms with van der Waals surface area (Å²) in [5.74, 6) is -0.242. The molecule has 1 saturated heterocycles. The van der Waals surface area contributed by atoms with Gasteiger partial charge in [-0.3, -0.25) is 14.5 Å². The largest absolute Gasteiger partial charge is 0.492 e. The minimum atomic E-state index is -0.854. The Balaban J connectivity index is 0.00000264. The molecule has 0 saturated carbocycles. The van der Waals surface area contributed by atoms with Gasteiger partial charge in [-0.05, 0) is 44.0 Å². The number of nitrogens with one attached hydrogen (secondary N) is 1. The lowest BCUT2D eigenvalue weighted by molar-refractivity contribution is -0.142. The van der Waals surface area contributed by atoms with E-state index in [9.17, 15) is 9.59 Å². The molecule has 0 bridgehead atoms. The second-order valence-corrected chi connectivity index (χ2v) is 5.48. The zero-order chi connectivity index (χ0) is 15.9. The number of rotatable bonds is 7. The average Bonchev–Trinajstić information content (AvgIpc) is 2.92. The molecule has 0 aromatic heterocycles. The molecule has 1 heterocycles. The van der Waals surface area contributed by atoms with E-state index in [4.69, 9.17) is 9.84 Å². The van der Waals surface area contributed by atoms with Crippen LogP contribution in [0.4, 0.5) is 0 Å². The second-order valence-electron chi connectivity index (χ2n) is 5.48. The van der Waals surface area contributed by atoms with E-state index in [1.54, 1.807) is 4.90 Å². The SMILES string of the molecule is Cc1cccc(OCCNC(=O)CN2CCCC2C(=O)O)c1.Cl. The number of aryl methyl sites for hydroxylation is 1. The van der Waals surface area contributed by atoms with Crippen LogP contribution in [0.15, 0.2) is 24.3 Å². The molecule has 128 valence electrons. The number of benzene rings is 1. The lowest BCUT2D eigenvalue weighted by Gasteiger charge is -2.20. The van der Waals surface area contributed by atoms with Crippen molar-refractivity contribution < 1.29 is 19.4 Å². The van der Waals surface area contributed by atoms with Gasteiger partial charge in [0.25, 0.3) is 0 Å². The van der Waals surface area contributed by atoms with Crippen molar-refractivity contribution in [3.8, 4) is 5.75 Å². The first kappa shape index (κ1) is 19.3. The third kappa shape index (κ3) is 6.08. The predicted octanol–water partition coefficient (Wildman–Crippen LogP) is 1.46. The van der Waals surface area contributed by atoms with Crippen molar-refractivity contribution in [3.63, 3.8) is 0 Å². The van der Waals surface area contributed by atoms with E-state index >= 15 is 0 Å². The fraction of sp³-hybridized carbons (Fsp3) is 0.500. The highest BCUT2D eigenvalue weighted by Gasteiger charge is 2.31. The Hall–Kier alpha value is -1.79. The van der Waals surface area contributed by atoms with Crippen molar-refractivity contribution in [3.05, 3.63) is 29.8 Å². The van der Waals surface area contributed by atoms with Crippen molar-refractivity contribution >= 4 is 24.3 Å². The van der Waals surface area contributed by atoms with Gasteiger partial charge in [-0.1, -0.05) is 12.1 Å². The van der Waals surface area contributed by atoms with E-state index in [0.717, 1.165) is 17.7 Å². The molecule has 2 N–H and O–H groups in total. The summed E-state index contributed by atoms with van der Waals surface area (Å²) in [5, 5.41) is 11.8. The number of nitrogens with zero attached hydrogens (tertiary/aromatic N) is 1. The van der Waals surface area contributed by atoms with E-state index in [2.05, 4.69) is 5.32 Å². The van der Waals surface area contributed by atoms with Gasteiger partial charge < -0.3 is 15.2 Å². The standard InChI is InChI=1S/C16H22N2O4.ClH/c1-12-4-2-5-13(10-12)22-9-7-17-15(19)11-18-8-3-6-14(18)16(20)21;/h2,4-5,10,14H,3,6-9,11H2,1H3,(H,17,19)(H,20,21);1H. The Morgan fingerprint density at radius 2 is 2.22 bits per heavy atom. The van der Waals surface area contributed by atoms with Gasteiger partial charge >= 0.3 is 5.97 Å². The number of carboxylic acid groups (broad SMARTS) is 1. The molecule has 1 aromatic carbocycles. The van der Waals surface area contributed by atoms with Gasteiger partial charge in [0.05, 0.1) is 13.1 Å². The van der Waals surface area contributed by atoms with Gasteiger partial charge in [0.2, 0.25) is 5.91 Å². The topological polar surface area (TPSA) is 78.9 Å². The fourth-order valence-electron chi connectivity index (χ4n) is 2.60. The van der Waals surface area contributed by atoms with Gasteiger partial charge in [0, 0.05) is 0 Å². The molecular formula is C16H23ClN2O4. The van der Waals surface area contributed by atoms with Crippen LogP contribution in [-0.4, -0.2) is 54.2 Å². The van der Waals surface area contributed by atoms with Gasteiger partial charge in [-0.25, -0.2) is 0 Å². The fourth-order valence-corrected chi connectivity index (χ4v) is 2.60. The molecule has 6 nitrogen and oxygen atoms in total. The molecule has 1 amide bonds. The van der Waals surface area contributed by atoms with Crippen molar-refractivity contribution in [1.29, 1.82) is 0 Å². The van der Waals surface area contributed by atoms with E-state index in [1.807, 2.05) is 31.2 Å². The summed E-state index contributed by atoms with van der Waals surface area (Å²) in [7, 11) is 0. The van der Waals surface area contributed by atoms with Crippen molar-refractivity contribution in [2.24, 2.45) is 0 Å². The van der Waals surface area contributed by atoms with Crippen LogP contribution in [-0.2, 0) is 9.59 Å². The molecule has 0 spiro atoms. The first-order valence-corrected chi connectivity index (χ1v) is 7.49. The highest BCUT2D eigenvalue weighted by atomic mass is 35.5. The van der Waals surface area contributed by atoms with Crippen LogP contribution < -0.4 is 10.1 Å². The molecule has 1 fully saturated rings. The average molecular weight is 343 g/mol. The molecule has 23 heavy (non-hydrogen) atoms. The second kappa shape index (κ2) is 9.37. The summed E-state index contributed by atoms with van der Waals surface area (Å²) in [6, 6.07) is 7.18. The molecule has 1 aliphatic heterocycles. The Labute approximate surface area is 142 Å². The van der Waals surface area contributed by atoms with Crippen LogP contribution in [0.2, 0.25) is 0 Å². The first-order chi connectivity index (χ1) is 10.6. The quantitative estimate of drug-likeness (QED) is 0.733. The molecular weight excluding hydrogens is 320 g/mol. The summed E-state index contributed by atoms with van der Waals surface area (Å²) in [6.45, 7) is 3.56. The number of hydrogen-bond donors (Lipinski definition) is 2. The Bertz CT molecular complexity index is 539. The van der Waals surface area contributed by atoms with Crippen LogP contribution in [0.25, 0.3) is 0 Å². The highest BCUT2D eigenvalue weighted by Crippen LogP contribution is 2.16. The van der Waals surface area contributed by atoms with Gasteiger partial charge in [-0.2, -0.15) is 0 Å². The number of ether oxygens (including phenoxy) is 1. The first-order valence-electron chi connectivity index (χ1n) is 7.49. The van der Waals surface area contributed by atoms with Crippen molar-refractivity contribution in [2.75, 3.05) is 26.2 Å². The number of halogens is 1. The molecule has 7 heteroatoms. The number of carbonyl (C=O) groups is 2. The molecule has 0 radical (unpaired) electrons. The molecule has 1 aliphatic rings. The summed E-state index contributed by atoms with van der Waals surface area (Å²) < 4.78 is 5.54. The Morgan fingerprint density at radius 1 is 1.43 bits per heavy atom. The van der Waals surface area contributed by atoms with Gasteiger partial charge in [0.1, 0.15) is 18.4 Å². The number of hydrogen-bond acceptors (Lipinski definition) is 4. The molecule has 1 unspecified atom stereocenters. The molecule has 0 aliphatic carbocycles. The number of likely N-dealkylation sites (tertiary alicyclic amines) is 1. The lowest BCUT2D eigenvalue weighted by atomic mass is 10.2. The third-order valence-electron chi connectivity index (χ3n) is 3.68. The Morgan fingerprint density at radius 3 is 2.91 bits per heavy atom. The highest BCUT2D eigenvalue weighted by molar-refractivity contribution is 5.85. The zero-order valence-electron chi connectivity index (χ0n) is 13.2. The maximum absolute atomic E-state index is 11.8. The zero-order valence-corrected chi connectivity index (χ0v) is 14.0. The van der Waals surface area contributed by atoms with Crippen LogP contribution >= 0.6 is 12.4 Å². The van der Waals surface area contributed by atoms with E-state index in [-0.39, 0.29) is 24.9 Å². The van der Waals surface area contributed by atoms with Crippen molar-refractivity contribution in [2.45, 2.75) is 25.8 Å². The number of carboxylic acids is 1. The number of amides is 1. The summed E-state index contributed by atoms with van der Waals surface area (Å²) in [4.78, 5) is 24.6. The third-order valence-corrected chi connectivity index (χ3v) is 3.68. The van der Waals surface area contributed by atoms with Gasteiger partial charge in [0.15, 0.2) is 0 Å². The summed E-state index contributed by atoms with van der Waals surface area (Å²) in [5.41, 5.74) is 1.12. The maximum Gasteiger partial charge on any atom is 0.320 e. The normalized spacial score (nSPS) is 17.3. The number of carbonyl (C=O) groups excluding carboxylic acids is 1. The van der Waals surface area contributed by atoms with Gasteiger partial charge in [-0.15, -0.1) is 12.4 Å². The molecule has 1 atom stereocenters.